The van der Waals surface area contributed by atoms with E-state index in [0.29, 0.717) is 66.0 Å². The number of phenols is 2. The molecule has 370 valence electrons. The van der Waals surface area contributed by atoms with Crippen molar-refractivity contribution in [2.45, 2.75) is 78.2 Å². The highest BCUT2D eigenvalue weighted by atomic mass is 16.5. The Kier molecular flexibility index (Phi) is 16.7. The van der Waals surface area contributed by atoms with E-state index in [4.69, 9.17) is 18.9 Å². The highest BCUT2D eigenvalue weighted by Gasteiger charge is 2.35. The van der Waals surface area contributed by atoms with E-state index in [1.165, 1.54) is 0 Å². The Balaban J connectivity index is 0.000000221. The number of benzene rings is 5. The van der Waals surface area contributed by atoms with E-state index < -0.39 is 24.0 Å². The minimum atomic E-state index is -0.918. The second-order valence-electron chi connectivity index (χ2n) is 17.7. The summed E-state index contributed by atoms with van der Waals surface area (Å²) >= 11 is 0. The molecule has 0 bridgehead atoms. The monoisotopic (exact) mass is 958 g/mol. The SMILES string of the molecule is C1COC(C2=NCCO2)=N1.Cc1c(CO)cc(C(C)(c2ccc(C(C)(C)c3cc(CO)c(O)c(CO)c3)cc2)c2cc(CO)c(O)c(CO)c2)cc1CO.c1cc(C2=NCCO2)ccc1C1=NCCO1. The van der Waals surface area contributed by atoms with E-state index >= 15 is 0 Å². The summed E-state index contributed by atoms with van der Waals surface area (Å²) in [5.41, 5.74) is 7.83. The molecule has 5 aromatic carbocycles. The molecule has 4 heterocycles. The van der Waals surface area contributed by atoms with Crippen LogP contribution in [0.4, 0.5) is 0 Å². The van der Waals surface area contributed by atoms with Crippen LogP contribution < -0.4 is 0 Å². The molecular formula is C54H62N4O12. The first-order chi connectivity index (χ1) is 33.8. The predicted octanol–water partition coefficient (Wildman–Crippen LogP) is 5.12. The molecule has 8 N–H and O–H groups in total. The van der Waals surface area contributed by atoms with Crippen LogP contribution in [0.25, 0.3) is 0 Å². The fraction of sp³-hybridized carbons (Fsp3) is 0.370. The Morgan fingerprint density at radius 1 is 0.400 bits per heavy atom. The normalized spacial score (nSPS) is 15.9. The molecule has 70 heavy (non-hydrogen) atoms. The number of hydrogen-bond donors (Lipinski definition) is 8. The van der Waals surface area contributed by atoms with Crippen molar-refractivity contribution in [1.82, 2.24) is 0 Å². The first kappa shape index (κ1) is 51.2. The third-order valence-corrected chi connectivity index (χ3v) is 13.1. The van der Waals surface area contributed by atoms with Crippen LogP contribution in [0.1, 0.15) is 98.7 Å². The zero-order chi connectivity index (χ0) is 50.0. The quantitative estimate of drug-likeness (QED) is 0.0676. The van der Waals surface area contributed by atoms with Crippen LogP contribution in [0.5, 0.6) is 11.5 Å². The van der Waals surface area contributed by atoms with E-state index in [-0.39, 0.29) is 49.1 Å². The number of aliphatic imine (C=N–C) groups is 4. The van der Waals surface area contributed by atoms with Gasteiger partial charge in [-0.05, 0) is 107 Å². The lowest BCUT2D eigenvalue weighted by molar-refractivity contribution is 0.262. The molecule has 0 amide bonds. The summed E-state index contributed by atoms with van der Waals surface area (Å²) in [4.78, 5) is 16.6. The second kappa shape index (κ2) is 22.8. The molecular weight excluding hydrogens is 897 g/mol. The molecule has 4 aliphatic heterocycles. The average Bonchev–Trinajstić information content (AvgIpc) is 4.26. The number of aliphatic hydroxyl groups is 6. The van der Waals surface area contributed by atoms with Gasteiger partial charge in [-0.1, -0.05) is 50.2 Å². The molecule has 0 aliphatic carbocycles. The zero-order valence-electron chi connectivity index (χ0n) is 40.0. The Morgan fingerprint density at radius 2 is 0.700 bits per heavy atom. The summed E-state index contributed by atoms with van der Waals surface area (Å²) in [7, 11) is 0. The first-order valence-electron chi connectivity index (χ1n) is 23.2. The van der Waals surface area contributed by atoms with Gasteiger partial charge in [-0.3, -0.25) is 0 Å². The lowest BCUT2D eigenvalue weighted by atomic mass is 9.68. The fourth-order valence-electron chi connectivity index (χ4n) is 8.70. The molecule has 0 aromatic heterocycles. The van der Waals surface area contributed by atoms with Gasteiger partial charge in [-0.15, -0.1) is 0 Å². The summed E-state index contributed by atoms with van der Waals surface area (Å²) in [6.07, 6.45) is 0. The van der Waals surface area contributed by atoms with Crippen molar-refractivity contribution in [3.8, 4) is 11.5 Å². The summed E-state index contributed by atoms with van der Waals surface area (Å²) in [5.74, 6) is 2.34. The Hall–Kier alpha value is -6.66. The number of nitrogens with zero attached hydrogens (tertiary/aromatic N) is 4. The molecule has 0 radical (unpaired) electrons. The maximum Gasteiger partial charge on any atom is 0.273 e. The number of ether oxygens (including phenoxy) is 4. The predicted molar refractivity (Wildman–Crippen MR) is 265 cm³/mol. The van der Waals surface area contributed by atoms with Crippen LogP contribution in [0.3, 0.4) is 0 Å². The first-order valence-corrected chi connectivity index (χ1v) is 23.2. The van der Waals surface area contributed by atoms with Crippen molar-refractivity contribution in [2.24, 2.45) is 20.0 Å². The molecule has 4 aliphatic rings. The molecule has 16 nitrogen and oxygen atoms in total. The molecule has 1 atom stereocenters. The third kappa shape index (κ3) is 10.9. The average molecular weight is 959 g/mol. The maximum absolute atomic E-state index is 10.6. The van der Waals surface area contributed by atoms with Crippen molar-refractivity contribution in [1.29, 1.82) is 0 Å². The van der Waals surface area contributed by atoms with Gasteiger partial charge >= 0.3 is 0 Å². The molecule has 1 unspecified atom stereocenters. The smallest absolute Gasteiger partial charge is 0.273 e. The third-order valence-electron chi connectivity index (χ3n) is 13.1. The maximum atomic E-state index is 10.6. The van der Waals surface area contributed by atoms with Gasteiger partial charge < -0.3 is 59.8 Å². The molecule has 0 spiro atoms. The van der Waals surface area contributed by atoms with Crippen LogP contribution in [-0.4, -0.2) is 117 Å². The topological polar surface area (TPSA) is 248 Å². The van der Waals surface area contributed by atoms with Crippen LogP contribution in [0.2, 0.25) is 0 Å². The van der Waals surface area contributed by atoms with E-state index in [9.17, 15) is 40.9 Å². The molecule has 0 fully saturated rings. The van der Waals surface area contributed by atoms with Crippen LogP contribution in [-0.2, 0) is 69.4 Å². The van der Waals surface area contributed by atoms with E-state index in [0.717, 1.165) is 76.9 Å². The van der Waals surface area contributed by atoms with Gasteiger partial charge in [0.1, 0.15) is 37.9 Å². The number of aliphatic hydroxyl groups excluding tert-OH is 6. The zero-order valence-corrected chi connectivity index (χ0v) is 40.0. The molecule has 5 aromatic rings. The summed E-state index contributed by atoms with van der Waals surface area (Å²) in [6, 6.07) is 26.5. The van der Waals surface area contributed by atoms with Gasteiger partial charge in [0.15, 0.2) is 0 Å². The van der Waals surface area contributed by atoms with Crippen molar-refractivity contribution in [3.63, 3.8) is 0 Å². The lowest BCUT2D eigenvalue weighted by Gasteiger charge is -2.35. The molecule has 16 heteroatoms. The Bertz CT molecular complexity index is 2560. The van der Waals surface area contributed by atoms with Crippen molar-refractivity contribution in [2.75, 3.05) is 52.6 Å². The van der Waals surface area contributed by atoms with Crippen molar-refractivity contribution < 1.29 is 59.8 Å². The Morgan fingerprint density at radius 3 is 1.01 bits per heavy atom. The van der Waals surface area contributed by atoms with Gasteiger partial charge in [0, 0.05) is 44.2 Å². The highest BCUT2D eigenvalue weighted by molar-refractivity contribution is 6.36. The Labute approximate surface area is 407 Å². The fourth-order valence-corrected chi connectivity index (χ4v) is 8.70. The van der Waals surface area contributed by atoms with Crippen molar-refractivity contribution >= 4 is 23.6 Å². The van der Waals surface area contributed by atoms with Crippen molar-refractivity contribution in [3.05, 3.63) is 163 Å². The minimum absolute atomic E-state index is 0.123. The summed E-state index contributed by atoms with van der Waals surface area (Å²) in [5, 5.41) is 81.0. The molecule has 9 rings (SSSR count). The molecule has 0 saturated carbocycles. The van der Waals surface area contributed by atoms with E-state index in [2.05, 4.69) is 20.0 Å². The minimum Gasteiger partial charge on any atom is -0.507 e. The van der Waals surface area contributed by atoms with Gasteiger partial charge in [0.25, 0.3) is 11.8 Å². The summed E-state index contributed by atoms with van der Waals surface area (Å²) in [6.45, 7) is 11.5. The van der Waals surface area contributed by atoms with E-state index in [1.807, 2.05) is 88.4 Å². The van der Waals surface area contributed by atoms with Gasteiger partial charge in [0.2, 0.25) is 11.8 Å². The van der Waals surface area contributed by atoms with E-state index in [1.54, 1.807) is 24.3 Å². The summed E-state index contributed by atoms with van der Waals surface area (Å²) < 4.78 is 21.0. The number of rotatable bonds is 14. The number of hydrogen-bond acceptors (Lipinski definition) is 16. The van der Waals surface area contributed by atoms with Gasteiger partial charge in [-0.2, -0.15) is 0 Å². The van der Waals surface area contributed by atoms with Crippen LogP contribution >= 0.6 is 0 Å². The molecule has 0 saturated heterocycles. The standard InChI is InChI=1S/C36H42O8.C12H12N2O2.C6H8N2O2/c1-21-22(15-37)9-31(10-23(21)16-38)36(4,32-13-26(19-41)34(44)27(14-32)20-42)29-7-5-28(6-8-29)35(2,3)30-11-24(17-39)33(43)25(12-30)18-40;1-2-10(12-14-6-8-16-12)4-3-9(1)11-13-5-7-15-11;1-3-9-5(7-1)6-8-2-4-10-6/h5-14,37-44H,15-20H2,1-4H3;1-4H,5-8H2;1-4H2. The van der Waals surface area contributed by atoms with Gasteiger partial charge in [0.05, 0.1) is 65.8 Å². The lowest BCUT2D eigenvalue weighted by Crippen LogP contribution is -2.27. The van der Waals surface area contributed by atoms with Crippen LogP contribution in [0.15, 0.2) is 105 Å². The van der Waals surface area contributed by atoms with Gasteiger partial charge in [-0.25, -0.2) is 20.0 Å². The largest absolute Gasteiger partial charge is 0.507 e. The second-order valence-corrected chi connectivity index (χ2v) is 17.7. The van der Waals surface area contributed by atoms with Crippen LogP contribution in [0, 0.1) is 6.92 Å². The highest BCUT2D eigenvalue weighted by Crippen LogP contribution is 2.44. The number of aromatic hydroxyl groups is 2.